The number of fused-ring (bicyclic) bond motifs is 3. The van der Waals surface area contributed by atoms with Crippen LogP contribution in [0.2, 0.25) is 0 Å². The number of aromatic nitrogens is 3. The highest BCUT2D eigenvalue weighted by Crippen LogP contribution is 2.32. The summed E-state index contributed by atoms with van der Waals surface area (Å²) in [5.41, 5.74) is 2.93. The first-order chi connectivity index (χ1) is 13.7. The fourth-order valence-electron chi connectivity index (χ4n) is 4.07. The number of piperidine rings is 1. The zero-order valence-corrected chi connectivity index (χ0v) is 15.2. The molecule has 2 unspecified atom stereocenters. The van der Waals surface area contributed by atoms with E-state index >= 15 is 0 Å². The third kappa shape index (κ3) is 2.85. The molecule has 3 aliphatic rings. The molecule has 0 radical (unpaired) electrons. The smallest absolute Gasteiger partial charge is 0.138 e. The summed E-state index contributed by atoms with van der Waals surface area (Å²) in [4.78, 5) is 6.99. The summed E-state index contributed by atoms with van der Waals surface area (Å²) >= 11 is 0. The summed E-state index contributed by atoms with van der Waals surface area (Å²) in [5.74, 6) is 1.55. The molecular weight excluding hydrogens is 356 g/mol. The Morgan fingerprint density at radius 2 is 2.11 bits per heavy atom. The van der Waals surface area contributed by atoms with E-state index in [2.05, 4.69) is 26.4 Å². The largest absolute Gasteiger partial charge is 0.490 e. The van der Waals surface area contributed by atoms with Crippen molar-refractivity contribution >= 4 is 11.3 Å². The van der Waals surface area contributed by atoms with E-state index in [1.54, 1.807) is 16.9 Å². The molecule has 2 bridgehead atoms. The highest BCUT2D eigenvalue weighted by atomic mass is 16.5. The molecule has 0 spiro atoms. The van der Waals surface area contributed by atoms with Crippen LogP contribution in [-0.2, 0) is 0 Å². The van der Waals surface area contributed by atoms with E-state index in [1.807, 2.05) is 24.4 Å². The Hall–Kier alpha value is -3.15. The predicted octanol–water partition coefficient (Wildman–Crippen LogP) is 1.19. The van der Waals surface area contributed by atoms with Crippen molar-refractivity contribution in [1.82, 2.24) is 19.9 Å². The maximum Gasteiger partial charge on any atom is 0.138 e. The molecule has 3 fully saturated rings. The highest BCUT2D eigenvalue weighted by molar-refractivity contribution is 5.85. The van der Waals surface area contributed by atoms with Gasteiger partial charge in [0.05, 0.1) is 30.1 Å². The first kappa shape index (κ1) is 17.0. The number of pyridine rings is 2. The van der Waals surface area contributed by atoms with Crippen LogP contribution in [0.3, 0.4) is 0 Å². The Morgan fingerprint density at radius 1 is 1.29 bits per heavy atom. The molecule has 3 aromatic rings. The molecule has 3 aromatic heterocycles. The van der Waals surface area contributed by atoms with Gasteiger partial charge in [-0.1, -0.05) is 0 Å². The van der Waals surface area contributed by atoms with E-state index in [9.17, 15) is 5.26 Å². The van der Waals surface area contributed by atoms with Gasteiger partial charge in [0, 0.05) is 42.5 Å². The van der Waals surface area contributed by atoms with Gasteiger partial charge in [0.2, 0.25) is 0 Å². The molecule has 28 heavy (non-hydrogen) atoms. The Balaban J connectivity index is 1.52. The van der Waals surface area contributed by atoms with Gasteiger partial charge in [0.15, 0.2) is 0 Å². The Bertz CT molecular complexity index is 1040. The van der Waals surface area contributed by atoms with Crippen molar-refractivity contribution in [2.24, 2.45) is 0 Å². The SMILES string of the molecule is N#Cc1cnn2cc(OCCO)cc(-c3ccc(N4CC5CC(C4)N5)nc3)c12. The molecule has 0 saturated carbocycles. The number of rotatable bonds is 5. The number of hydrogen-bond acceptors (Lipinski definition) is 7. The van der Waals surface area contributed by atoms with E-state index < -0.39 is 0 Å². The van der Waals surface area contributed by atoms with Gasteiger partial charge in [-0.15, -0.1) is 0 Å². The van der Waals surface area contributed by atoms with Crippen molar-refractivity contribution in [3.8, 4) is 22.9 Å². The molecular formula is C20H20N6O2. The minimum atomic E-state index is -0.0706. The van der Waals surface area contributed by atoms with Crippen molar-refractivity contribution in [2.45, 2.75) is 18.5 Å². The summed E-state index contributed by atoms with van der Waals surface area (Å²) in [6, 6.07) is 9.26. The second-order valence-electron chi connectivity index (χ2n) is 7.23. The topological polar surface area (TPSA) is 98.7 Å². The van der Waals surface area contributed by atoms with E-state index in [-0.39, 0.29) is 13.2 Å². The van der Waals surface area contributed by atoms with Crippen LogP contribution in [0, 0.1) is 11.3 Å². The van der Waals surface area contributed by atoms with Crippen molar-refractivity contribution in [1.29, 1.82) is 5.26 Å². The van der Waals surface area contributed by atoms with Gasteiger partial charge in [0.25, 0.3) is 0 Å². The fourth-order valence-corrected chi connectivity index (χ4v) is 4.07. The zero-order valence-electron chi connectivity index (χ0n) is 15.2. The predicted molar refractivity (Wildman–Crippen MR) is 103 cm³/mol. The lowest BCUT2D eigenvalue weighted by molar-refractivity contribution is 0.201. The number of hydrogen-bond donors (Lipinski definition) is 2. The minimum Gasteiger partial charge on any atom is -0.490 e. The molecule has 3 saturated heterocycles. The lowest BCUT2D eigenvalue weighted by Crippen LogP contribution is -2.67. The Labute approximate surface area is 162 Å². The molecule has 2 N–H and O–H groups in total. The van der Waals surface area contributed by atoms with Crippen LogP contribution in [0.15, 0.2) is 36.8 Å². The minimum absolute atomic E-state index is 0.0706. The van der Waals surface area contributed by atoms with Crippen LogP contribution in [0.4, 0.5) is 5.82 Å². The van der Waals surface area contributed by atoms with E-state index in [1.165, 1.54) is 6.42 Å². The van der Waals surface area contributed by atoms with Crippen LogP contribution >= 0.6 is 0 Å². The summed E-state index contributed by atoms with van der Waals surface area (Å²) < 4.78 is 7.21. The van der Waals surface area contributed by atoms with E-state index in [0.717, 1.165) is 35.6 Å². The van der Waals surface area contributed by atoms with Crippen LogP contribution in [-0.4, -0.2) is 58.1 Å². The standard InChI is InChI=1S/C20H20N6O2/c21-7-14-9-23-26-12-17(28-4-3-27)6-18(20(14)26)13-1-2-19(22-8-13)25-10-15-5-16(11-25)24-15/h1-2,6,8-9,12,15-16,24,27H,3-5,10-11H2. The van der Waals surface area contributed by atoms with Crippen molar-refractivity contribution in [3.63, 3.8) is 0 Å². The molecule has 142 valence electrons. The molecule has 8 nitrogen and oxygen atoms in total. The average Bonchev–Trinajstić information content (AvgIpc) is 3.14. The number of anilines is 1. The van der Waals surface area contributed by atoms with Crippen LogP contribution in [0.5, 0.6) is 5.75 Å². The molecule has 6 rings (SSSR count). The summed E-state index contributed by atoms with van der Waals surface area (Å²) in [6.07, 6.45) is 6.35. The summed E-state index contributed by atoms with van der Waals surface area (Å²) in [7, 11) is 0. The second-order valence-corrected chi connectivity index (χ2v) is 7.23. The van der Waals surface area contributed by atoms with Gasteiger partial charge in [-0.25, -0.2) is 9.50 Å². The number of aliphatic hydroxyl groups is 1. The quantitative estimate of drug-likeness (QED) is 0.690. The van der Waals surface area contributed by atoms with Gasteiger partial charge in [-0.2, -0.15) is 10.4 Å². The number of piperazine rings is 1. The molecule has 8 heteroatoms. The van der Waals surface area contributed by atoms with Gasteiger partial charge in [-0.05, 0) is 24.6 Å². The Kier molecular flexibility index (Phi) is 4.11. The average molecular weight is 376 g/mol. The number of nitrogens with zero attached hydrogens (tertiary/aromatic N) is 5. The van der Waals surface area contributed by atoms with Crippen molar-refractivity contribution in [2.75, 3.05) is 31.2 Å². The Morgan fingerprint density at radius 3 is 2.79 bits per heavy atom. The van der Waals surface area contributed by atoms with E-state index in [4.69, 9.17) is 9.84 Å². The second kappa shape index (κ2) is 6.78. The maximum absolute atomic E-state index is 9.45. The first-order valence-electron chi connectivity index (χ1n) is 9.37. The highest BCUT2D eigenvalue weighted by Gasteiger charge is 2.36. The lowest BCUT2D eigenvalue weighted by Gasteiger charge is -2.48. The number of aliphatic hydroxyl groups excluding tert-OH is 1. The van der Waals surface area contributed by atoms with Crippen molar-refractivity contribution < 1.29 is 9.84 Å². The summed E-state index contributed by atoms with van der Waals surface area (Å²) in [5, 5.41) is 26.3. The molecule has 2 atom stereocenters. The van der Waals surface area contributed by atoms with Crippen LogP contribution < -0.4 is 15.0 Å². The van der Waals surface area contributed by atoms with Gasteiger partial charge in [0.1, 0.15) is 24.2 Å². The van der Waals surface area contributed by atoms with Gasteiger partial charge < -0.3 is 20.1 Å². The normalized spacial score (nSPS) is 20.6. The molecule has 3 aliphatic heterocycles. The third-order valence-electron chi connectivity index (χ3n) is 5.37. The first-order valence-corrected chi connectivity index (χ1v) is 9.37. The van der Waals surface area contributed by atoms with Crippen LogP contribution in [0.25, 0.3) is 16.6 Å². The third-order valence-corrected chi connectivity index (χ3v) is 5.37. The fraction of sp³-hybridized carbons (Fsp3) is 0.350. The molecule has 0 aromatic carbocycles. The van der Waals surface area contributed by atoms with Gasteiger partial charge in [-0.3, -0.25) is 0 Å². The number of nitriles is 1. The molecule has 0 aliphatic carbocycles. The molecule has 0 amide bonds. The van der Waals surface area contributed by atoms with Crippen LogP contribution in [0.1, 0.15) is 12.0 Å². The number of nitrogens with one attached hydrogen (secondary N) is 1. The summed E-state index contributed by atoms with van der Waals surface area (Å²) in [6.45, 7) is 2.09. The molecule has 6 heterocycles. The van der Waals surface area contributed by atoms with Gasteiger partial charge >= 0.3 is 0 Å². The monoisotopic (exact) mass is 376 g/mol. The maximum atomic E-state index is 9.45. The zero-order chi connectivity index (χ0) is 19.1. The number of ether oxygens (including phenoxy) is 1. The van der Waals surface area contributed by atoms with Crippen molar-refractivity contribution in [3.05, 3.63) is 42.4 Å². The van der Waals surface area contributed by atoms with E-state index in [0.29, 0.717) is 23.4 Å². The lowest BCUT2D eigenvalue weighted by atomic mass is 9.91.